The lowest BCUT2D eigenvalue weighted by atomic mass is 10.3. The van der Waals surface area contributed by atoms with E-state index < -0.39 is 6.10 Å². The average molecular weight is 238 g/mol. The molecule has 1 rings (SSSR count). The van der Waals surface area contributed by atoms with Crippen molar-refractivity contribution in [3.05, 3.63) is 30.1 Å². The van der Waals surface area contributed by atoms with Crippen molar-refractivity contribution in [1.82, 2.24) is 10.3 Å². The van der Waals surface area contributed by atoms with E-state index >= 15 is 0 Å². The quantitative estimate of drug-likeness (QED) is 0.638. The van der Waals surface area contributed by atoms with E-state index in [1.54, 1.807) is 6.20 Å². The molecule has 0 radical (unpaired) electrons. The van der Waals surface area contributed by atoms with Gasteiger partial charge in [-0.1, -0.05) is 19.4 Å². The molecular formula is C13H22N2O2. The third kappa shape index (κ3) is 7.05. The van der Waals surface area contributed by atoms with Gasteiger partial charge >= 0.3 is 0 Å². The van der Waals surface area contributed by atoms with Gasteiger partial charge in [-0.2, -0.15) is 0 Å². The van der Waals surface area contributed by atoms with Crippen LogP contribution >= 0.6 is 0 Å². The monoisotopic (exact) mass is 238 g/mol. The Hall–Kier alpha value is -0.970. The van der Waals surface area contributed by atoms with Crippen LogP contribution in [0.2, 0.25) is 0 Å². The minimum Gasteiger partial charge on any atom is -0.389 e. The van der Waals surface area contributed by atoms with E-state index in [1.165, 1.54) is 0 Å². The summed E-state index contributed by atoms with van der Waals surface area (Å²) in [4.78, 5) is 4.03. The Morgan fingerprint density at radius 2 is 2.41 bits per heavy atom. The number of pyridine rings is 1. The molecule has 0 aromatic carbocycles. The molecule has 0 aliphatic carbocycles. The molecule has 4 heteroatoms. The fourth-order valence-electron chi connectivity index (χ4n) is 1.41. The Morgan fingerprint density at radius 1 is 1.53 bits per heavy atom. The molecule has 0 amide bonds. The number of hydrogen-bond donors (Lipinski definition) is 2. The lowest BCUT2D eigenvalue weighted by molar-refractivity contribution is 0.0358. The summed E-state index contributed by atoms with van der Waals surface area (Å²) in [6.45, 7) is 4.52. The second-order valence-corrected chi connectivity index (χ2v) is 4.07. The van der Waals surface area contributed by atoms with Crippen LogP contribution in [0, 0.1) is 0 Å². The molecule has 1 atom stereocenters. The summed E-state index contributed by atoms with van der Waals surface area (Å²) in [6, 6.07) is 3.91. The molecule has 1 aromatic heterocycles. The molecule has 96 valence electrons. The van der Waals surface area contributed by atoms with Gasteiger partial charge in [0.2, 0.25) is 0 Å². The van der Waals surface area contributed by atoms with E-state index in [4.69, 9.17) is 4.74 Å². The largest absolute Gasteiger partial charge is 0.389 e. The van der Waals surface area contributed by atoms with Crippen LogP contribution in [0.15, 0.2) is 24.5 Å². The van der Waals surface area contributed by atoms with E-state index in [-0.39, 0.29) is 0 Å². The molecular weight excluding hydrogens is 216 g/mol. The number of aliphatic hydroxyl groups is 1. The molecule has 1 unspecified atom stereocenters. The smallest absolute Gasteiger partial charge is 0.0897 e. The molecule has 0 saturated heterocycles. The molecule has 1 aromatic rings. The first kappa shape index (κ1) is 14.1. The fourth-order valence-corrected chi connectivity index (χ4v) is 1.41. The first-order chi connectivity index (χ1) is 8.33. The highest BCUT2D eigenvalue weighted by atomic mass is 16.5. The topological polar surface area (TPSA) is 54.4 Å². The van der Waals surface area contributed by atoms with E-state index in [1.807, 2.05) is 18.3 Å². The zero-order chi connectivity index (χ0) is 12.3. The maximum Gasteiger partial charge on any atom is 0.0897 e. The van der Waals surface area contributed by atoms with Crippen LogP contribution in [0.5, 0.6) is 0 Å². The Morgan fingerprint density at radius 3 is 3.12 bits per heavy atom. The first-order valence-electron chi connectivity index (χ1n) is 6.18. The van der Waals surface area contributed by atoms with Gasteiger partial charge in [-0.15, -0.1) is 0 Å². The SMILES string of the molecule is CCCCOCC(O)CNCc1cccnc1. The van der Waals surface area contributed by atoms with Gasteiger partial charge in [0.25, 0.3) is 0 Å². The highest BCUT2D eigenvalue weighted by Crippen LogP contribution is 1.95. The van der Waals surface area contributed by atoms with Gasteiger partial charge in [0, 0.05) is 32.1 Å². The summed E-state index contributed by atoms with van der Waals surface area (Å²) < 4.78 is 5.34. The maximum atomic E-state index is 9.62. The van der Waals surface area contributed by atoms with Gasteiger partial charge in [0.05, 0.1) is 12.7 Å². The minimum absolute atomic E-state index is 0.403. The zero-order valence-electron chi connectivity index (χ0n) is 10.4. The van der Waals surface area contributed by atoms with Crippen LogP contribution in [0.1, 0.15) is 25.3 Å². The fraction of sp³-hybridized carbons (Fsp3) is 0.615. The number of ether oxygens (including phenoxy) is 1. The number of nitrogens with zero attached hydrogens (tertiary/aromatic N) is 1. The lowest BCUT2D eigenvalue weighted by Crippen LogP contribution is -2.30. The predicted molar refractivity (Wildman–Crippen MR) is 67.7 cm³/mol. The van der Waals surface area contributed by atoms with Crippen LogP contribution in [0.25, 0.3) is 0 Å². The summed E-state index contributed by atoms with van der Waals surface area (Å²) in [5.74, 6) is 0. The number of aliphatic hydroxyl groups excluding tert-OH is 1. The Balaban J connectivity index is 2.02. The van der Waals surface area contributed by atoms with E-state index in [0.717, 1.165) is 31.6 Å². The predicted octanol–water partition coefficient (Wildman–Crippen LogP) is 1.35. The standard InChI is InChI=1S/C13H22N2O2/c1-2-3-7-17-11-13(16)10-15-9-12-5-4-6-14-8-12/h4-6,8,13,15-16H,2-3,7,9-11H2,1H3. The third-order valence-electron chi connectivity index (χ3n) is 2.38. The van der Waals surface area contributed by atoms with Crippen molar-refractivity contribution in [2.24, 2.45) is 0 Å². The number of rotatable bonds is 9. The zero-order valence-corrected chi connectivity index (χ0v) is 10.4. The van der Waals surface area contributed by atoms with Crippen LogP contribution in [-0.2, 0) is 11.3 Å². The van der Waals surface area contributed by atoms with Crippen molar-refractivity contribution >= 4 is 0 Å². The molecule has 0 saturated carbocycles. The summed E-state index contributed by atoms with van der Waals surface area (Å²) in [5, 5.41) is 12.8. The van der Waals surface area contributed by atoms with E-state index in [2.05, 4.69) is 17.2 Å². The Bertz CT molecular complexity index is 280. The third-order valence-corrected chi connectivity index (χ3v) is 2.38. The highest BCUT2D eigenvalue weighted by molar-refractivity contribution is 5.07. The Labute approximate surface area is 103 Å². The maximum absolute atomic E-state index is 9.62. The van der Waals surface area contributed by atoms with Crippen LogP contribution in [0.4, 0.5) is 0 Å². The van der Waals surface area contributed by atoms with Gasteiger partial charge < -0.3 is 15.2 Å². The molecule has 17 heavy (non-hydrogen) atoms. The number of unbranched alkanes of at least 4 members (excludes halogenated alkanes) is 1. The normalized spacial score (nSPS) is 12.6. The molecule has 0 aliphatic heterocycles. The van der Waals surface area contributed by atoms with Crippen LogP contribution in [-0.4, -0.2) is 36.0 Å². The molecule has 0 spiro atoms. The van der Waals surface area contributed by atoms with Gasteiger partial charge in [-0.05, 0) is 18.1 Å². The molecule has 1 heterocycles. The second-order valence-electron chi connectivity index (χ2n) is 4.07. The summed E-state index contributed by atoms with van der Waals surface area (Å²) in [6.07, 6.45) is 5.30. The van der Waals surface area contributed by atoms with Gasteiger partial charge in [-0.25, -0.2) is 0 Å². The lowest BCUT2D eigenvalue weighted by Gasteiger charge is -2.12. The summed E-state index contributed by atoms with van der Waals surface area (Å²) in [5.41, 5.74) is 1.12. The molecule has 4 nitrogen and oxygen atoms in total. The first-order valence-corrected chi connectivity index (χ1v) is 6.18. The van der Waals surface area contributed by atoms with Gasteiger partial charge in [-0.3, -0.25) is 4.98 Å². The van der Waals surface area contributed by atoms with E-state index in [9.17, 15) is 5.11 Å². The average Bonchev–Trinajstić information content (AvgIpc) is 2.36. The molecule has 2 N–H and O–H groups in total. The number of hydrogen-bond acceptors (Lipinski definition) is 4. The summed E-state index contributed by atoms with van der Waals surface area (Å²) >= 11 is 0. The van der Waals surface area contributed by atoms with Crippen molar-refractivity contribution < 1.29 is 9.84 Å². The number of nitrogens with one attached hydrogen (secondary N) is 1. The second kappa shape index (κ2) is 9.10. The van der Waals surface area contributed by atoms with Crippen molar-refractivity contribution in [2.75, 3.05) is 19.8 Å². The summed E-state index contributed by atoms with van der Waals surface area (Å²) in [7, 11) is 0. The Kier molecular flexibility index (Phi) is 7.54. The molecule has 0 fully saturated rings. The molecule has 0 aliphatic rings. The van der Waals surface area contributed by atoms with E-state index in [0.29, 0.717) is 13.2 Å². The van der Waals surface area contributed by atoms with Crippen molar-refractivity contribution in [3.63, 3.8) is 0 Å². The number of aromatic nitrogens is 1. The van der Waals surface area contributed by atoms with Crippen LogP contribution in [0.3, 0.4) is 0 Å². The van der Waals surface area contributed by atoms with Crippen molar-refractivity contribution in [1.29, 1.82) is 0 Å². The van der Waals surface area contributed by atoms with Gasteiger partial charge in [0.15, 0.2) is 0 Å². The van der Waals surface area contributed by atoms with Crippen molar-refractivity contribution in [3.8, 4) is 0 Å². The minimum atomic E-state index is -0.441. The molecule has 0 bridgehead atoms. The van der Waals surface area contributed by atoms with Crippen LogP contribution < -0.4 is 5.32 Å². The van der Waals surface area contributed by atoms with Gasteiger partial charge in [0.1, 0.15) is 0 Å². The highest BCUT2D eigenvalue weighted by Gasteiger charge is 2.03. The van der Waals surface area contributed by atoms with Crippen molar-refractivity contribution in [2.45, 2.75) is 32.4 Å².